The number of hydrogen-bond acceptors (Lipinski definition) is 5. The number of nitrogens with one attached hydrogen (secondary N) is 1. The molecule has 0 aliphatic heterocycles. The third kappa shape index (κ3) is 2.59. The fourth-order valence-electron chi connectivity index (χ4n) is 2.06. The van der Waals surface area contributed by atoms with Gasteiger partial charge in [0.05, 0.1) is 11.4 Å². The normalized spacial score (nSPS) is 10.5. The number of carbonyl (C=O) groups excluding carboxylic acids is 1. The Morgan fingerprint density at radius 3 is 2.75 bits per heavy atom. The number of carbonyl (C=O) groups is 1. The van der Waals surface area contributed by atoms with Crippen molar-refractivity contribution in [3.8, 4) is 5.75 Å². The van der Waals surface area contributed by atoms with E-state index in [9.17, 15) is 19.1 Å². The molecule has 1 amide bonds. The Balaban J connectivity index is 1.94. The number of aromatic nitrogens is 3. The summed E-state index contributed by atoms with van der Waals surface area (Å²) in [5.74, 6) is -0.287. The lowest BCUT2D eigenvalue weighted by Gasteiger charge is -2.06. The van der Waals surface area contributed by atoms with Crippen molar-refractivity contribution in [2.24, 2.45) is 0 Å². The predicted octanol–water partition coefficient (Wildman–Crippen LogP) is -0.506. The smallest absolute Gasteiger partial charge is 0.317 e. The van der Waals surface area contributed by atoms with Crippen LogP contribution in [0, 0.1) is 5.82 Å². The molecule has 3 rings (SSSR count). The summed E-state index contributed by atoms with van der Waals surface area (Å²) < 4.78 is 13.6. The lowest BCUT2D eigenvalue weighted by atomic mass is 10.2. The van der Waals surface area contributed by atoms with Crippen molar-refractivity contribution in [3.05, 3.63) is 68.5 Å². The highest BCUT2D eigenvalue weighted by atomic mass is 19.1. The second-order valence-corrected chi connectivity index (χ2v) is 4.83. The summed E-state index contributed by atoms with van der Waals surface area (Å²) in [5, 5.41) is 24.9. The number of fused-ring (bicyclic) bond motifs is 1. The van der Waals surface area contributed by atoms with Gasteiger partial charge in [-0.05, 0) is 17.7 Å². The van der Waals surface area contributed by atoms with Gasteiger partial charge in [0, 0.05) is 6.54 Å². The van der Waals surface area contributed by atoms with Crippen molar-refractivity contribution < 1.29 is 14.3 Å². The second-order valence-electron chi connectivity index (χ2n) is 4.83. The van der Waals surface area contributed by atoms with Gasteiger partial charge in [-0.3, -0.25) is 15.5 Å². The molecule has 0 saturated carbocycles. The summed E-state index contributed by atoms with van der Waals surface area (Å²) in [6.07, 6.45) is 1.11. The summed E-state index contributed by atoms with van der Waals surface area (Å²) >= 11 is 0. The van der Waals surface area contributed by atoms with Gasteiger partial charge in [0.1, 0.15) is 5.82 Å². The molecule has 2 N–H and O–H groups in total. The first kappa shape index (κ1) is 15.3. The highest BCUT2D eigenvalue weighted by Crippen LogP contribution is 2.09. The molecule has 0 aliphatic rings. The van der Waals surface area contributed by atoms with Gasteiger partial charge >= 0.3 is 5.56 Å². The fourth-order valence-corrected chi connectivity index (χ4v) is 2.06. The number of hydrogen-bond donors (Lipinski definition) is 2. The zero-order valence-electron chi connectivity index (χ0n) is 12.0. The molecular weight excluding hydrogens is 317 g/mol. The molecule has 120 valence electrons. The van der Waals surface area contributed by atoms with Crippen LogP contribution in [0.5, 0.6) is 5.75 Å². The number of aromatic hydroxyl groups is 1. The second kappa shape index (κ2) is 5.90. The molecule has 2 aromatic heterocycles. The maximum atomic E-state index is 12.8. The van der Waals surface area contributed by atoms with Crippen LogP contribution in [0.4, 0.5) is 4.39 Å². The number of benzene rings is 1. The Hall–Kier alpha value is -3.58. The predicted molar refractivity (Wildman–Crippen MR) is 81.2 cm³/mol. The average Bonchev–Trinajstić information content (AvgIpc) is 3.00. The molecule has 0 radical (unpaired) electrons. The molecule has 0 bridgehead atoms. The summed E-state index contributed by atoms with van der Waals surface area (Å²) in [5.41, 5.74) is -0.956. The Kier molecular flexibility index (Phi) is 3.77. The van der Waals surface area contributed by atoms with Gasteiger partial charge in [-0.25, -0.2) is 9.37 Å². The standard InChI is InChI=1S/C15H9FN5O3/c16-10-3-1-8(2-4-10)6-18-14(23)11-12(22)15(24)21-13(20-11)9(5-17)7-19-21/h1-4,7,22H,6H2,(H,18,23)/q-1. The van der Waals surface area contributed by atoms with Crippen molar-refractivity contribution in [2.75, 3.05) is 0 Å². The number of amides is 1. The van der Waals surface area contributed by atoms with Crippen LogP contribution in [0.25, 0.3) is 11.1 Å². The first-order valence-corrected chi connectivity index (χ1v) is 6.71. The van der Waals surface area contributed by atoms with Gasteiger partial charge in [0.25, 0.3) is 5.91 Å². The molecule has 0 spiro atoms. The van der Waals surface area contributed by atoms with Crippen molar-refractivity contribution in [1.82, 2.24) is 19.9 Å². The first-order valence-electron chi connectivity index (χ1n) is 6.71. The number of nitrogens with zero attached hydrogens (tertiary/aromatic N) is 4. The van der Waals surface area contributed by atoms with Gasteiger partial charge in [-0.2, -0.15) is 9.61 Å². The minimum absolute atomic E-state index is 0.000292. The van der Waals surface area contributed by atoms with E-state index in [1.807, 2.05) is 0 Å². The van der Waals surface area contributed by atoms with Crippen LogP contribution in [0.15, 0.2) is 35.3 Å². The third-order valence-corrected chi connectivity index (χ3v) is 3.28. The highest BCUT2D eigenvalue weighted by molar-refractivity contribution is 5.95. The van der Waals surface area contributed by atoms with Crippen LogP contribution in [-0.2, 0) is 6.54 Å². The van der Waals surface area contributed by atoms with E-state index in [2.05, 4.69) is 15.4 Å². The Morgan fingerprint density at radius 1 is 1.38 bits per heavy atom. The Labute approximate surface area is 133 Å². The SMILES string of the molecule is [N-]=C=c1cnn2c(=O)c(O)c(C(=O)NCc3ccc(F)cc3)nc12. The van der Waals surface area contributed by atoms with Crippen molar-refractivity contribution in [3.63, 3.8) is 0 Å². The van der Waals surface area contributed by atoms with Crippen LogP contribution in [0.3, 0.4) is 0 Å². The van der Waals surface area contributed by atoms with Gasteiger partial charge in [0.2, 0.25) is 5.75 Å². The van der Waals surface area contributed by atoms with Crippen molar-refractivity contribution in [1.29, 1.82) is 0 Å². The molecule has 0 fully saturated rings. The zero-order valence-corrected chi connectivity index (χ0v) is 12.0. The topological polar surface area (TPSA) is 119 Å². The molecule has 0 aliphatic carbocycles. The van der Waals surface area contributed by atoms with E-state index in [-0.39, 0.29) is 17.4 Å². The lowest BCUT2D eigenvalue weighted by Crippen LogP contribution is -2.28. The number of halogens is 1. The summed E-state index contributed by atoms with van der Waals surface area (Å²) in [6, 6.07) is 5.45. The first-order chi connectivity index (χ1) is 11.5. The van der Waals surface area contributed by atoms with Crippen LogP contribution in [-0.4, -0.2) is 31.5 Å². The minimum atomic E-state index is -0.951. The quantitative estimate of drug-likeness (QED) is 0.629. The van der Waals surface area contributed by atoms with E-state index >= 15 is 0 Å². The number of rotatable bonds is 3. The third-order valence-electron chi connectivity index (χ3n) is 3.28. The largest absolute Gasteiger partial charge is 0.763 e. The average molecular weight is 326 g/mol. The molecule has 1 aromatic carbocycles. The highest BCUT2D eigenvalue weighted by Gasteiger charge is 2.19. The van der Waals surface area contributed by atoms with Gasteiger partial charge in [-0.15, -0.1) is 0 Å². The van der Waals surface area contributed by atoms with E-state index in [0.29, 0.717) is 5.56 Å². The summed E-state index contributed by atoms with van der Waals surface area (Å²) in [6.45, 7) is 0.0456. The Bertz CT molecular complexity index is 1070. The van der Waals surface area contributed by atoms with E-state index in [1.54, 1.807) is 5.87 Å². The monoisotopic (exact) mass is 326 g/mol. The molecule has 0 unspecified atom stereocenters. The fraction of sp³-hybridized carbons (Fsp3) is 0.0667. The van der Waals surface area contributed by atoms with Crippen LogP contribution < -0.4 is 16.1 Å². The Morgan fingerprint density at radius 2 is 2.08 bits per heavy atom. The van der Waals surface area contributed by atoms with Crippen molar-refractivity contribution in [2.45, 2.75) is 6.54 Å². The van der Waals surface area contributed by atoms with Gasteiger partial charge in [-0.1, -0.05) is 12.1 Å². The molecular formula is C15H9FN5O3-. The van der Waals surface area contributed by atoms with Crippen molar-refractivity contribution >= 4 is 17.4 Å². The van der Waals surface area contributed by atoms with E-state index in [1.165, 1.54) is 24.3 Å². The maximum absolute atomic E-state index is 12.8. The van der Waals surface area contributed by atoms with E-state index in [0.717, 1.165) is 10.7 Å². The molecule has 0 saturated heterocycles. The molecule has 2 heterocycles. The molecule has 3 aromatic rings. The summed E-state index contributed by atoms with van der Waals surface area (Å²) in [7, 11) is 0. The summed E-state index contributed by atoms with van der Waals surface area (Å²) in [4.78, 5) is 28.0. The minimum Gasteiger partial charge on any atom is -0.763 e. The van der Waals surface area contributed by atoms with Gasteiger partial charge in [0.15, 0.2) is 11.3 Å². The molecule has 24 heavy (non-hydrogen) atoms. The molecule has 9 heteroatoms. The van der Waals surface area contributed by atoms with Crippen LogP contribution in [0.1, 0.15) is 16.1 Å². The maximum Gasteiger partial charge on any atom is 0.317 e. The van der Waals surface area contributed by atoms with Crippen LogP contribution >= 0.6 is 0 Å². The van der Waals surface area contributed by atoms with E-state index < -0.39 is 28.7 Å². The molecule has 0 atom stereocenters. The van der Waals surface area contributed by atoms with E-state index in [4.69, 9.17) is 5.41 Å². The van der Waals surface area contributed by atoms with Gasteiger partial charge < -0.3 is 15.8 Å². The lowest BCUT2D eigenvalue weighted by molar-refractivity contribution is 0.0942. The molecule has 8 nitrogen and oxygen atoms in total. The van der Waals surface area contributed by atoms with Crippen LogP contribution in [0.2, 0.25) is 0 Å². The zero-order chi connectivity index (χ0) is 17.3.